The molecule has 0 fully saturated rings. The van der Waals surface area contributed by atoms with Gasteiger partial charge in [-0.15, -0.1) is 0 Å². The van der Waals surface area contributed by atoms with Gasteiger partial charge in [-0.3, -0.25) is 4.79 Å². The van der Waals surface area contributed by atoms with E-state index in [2.05, 4.69) is 32.7 Å². The molecule has 0 unspecified atom stereocenters. The maximum atomic E-state index is 10.8. The summed E-state index contributed by atoms with van der Waals surface area (Å²) >= 11 is 0. The molecule has 0 atom stereocenters. The van der Waals surface area contributed by atoms with Crippen LogP contribution in [0, 0.1) is 0 Å². The van der Waals surface area contributed by atoms with E-state index in [4.69, 9.17) is 4.74 Å². The number of carbonyl (C=O) groups is 1. The highest BCUT2D eigenvalue weighted by Gasteiger charge is 2.16. The summed E-state index contributed by atoms with van der Waals surface area (Å²) in [7, 11) is 0. The van der Waals surface area contributed by atoms with Gasteiger partial charge >= 0.3 is 0 Å². The zero-order valence-electron chi connectivity index (χ0n) is 10.1. The summed E-state index contributed by atoms with van der Waals surface area (Å²) in [4.78, 5) is 10.8. The largest absolute Gasteiger partial charge is 0.374 e. The Hall–Kier alpha value is -0.830. The molecule has 0 rings (SSSR count). The minimum Gasteiger partial charge on any atom is -0.374 e. The molecule has 0 saturated carbocycles. The lowest BCUT2D eigenvalue weighted by Crippen LogP contribution is -2.31. The Morgan fingerprint density at radius 2 is 2.20 bits per heavy atom. The molecule has 0 aliphatic carbocycles. The van der Waals surface area contributed by atoms with Gasteiger partial charge in [0.25, 0.3) is 0 Å². The maximum absolute atomic E-state index is 10.8. The van der Waals surface area contributed by atoms with Gasteiger partial charge in [0, 0.05) is 6.54 Å². The predicted octanol–water partition coefficient (Wildman–Crippen LogP) is 2.27. The topological polar surface area (TPSA) is 38.3 Å². The summed E-state index contributed by atoms with van der Waals surface area (Å²) in [5.41, 5.74) is -0.0884. The third-order valence-corrected chi connectivity index (χ3v) is 2.21. The van der Waals surface area contributed by atoms with E-state index >= 15 is 0 Å². The van der Waals surface area contributed by atoms with Crippen LogP contribution in [0.1, 0.15) is 40.0 Å². The lowest BCUT2D eigenvalue weighted by Gasteiger charge is -2.25. The molecule has 0 saturated heterocycles. The van der Waals surface area contributed by atoms with Crippen LogP contribution < -0.4 is 5.32 Å². The SMILES string of the molecule is C=CC(=O)NCCOC(C)(C)CCCC. The Labute approximate surface area is 92.9 Å². The first-order valence-electron chi connectivity index (χ1n) is 5.56. The Bertz CT molecular complexity index is 200. The fraction of sp³-hybridized carbons (Fsp3) is 0.750. The van der Waals surface area contributed by atoms with Gasteiger partial charge in [-0.1, -0.05) is 26.3 Å². The number of ether oxygens (including phenoxy) is 1. The Morgan fingerprint density at radius 1 is 1.53 bits per heavy atom. The van der Waals surface area contributed by atoms with Crippen LogP contribution in [0.2, 0.25) is 0 Å². The van der Waals surface area contributed by atoms with E-state index in [1.165, 1.54) is 18.9 Å². The van der Waals surface area contributed by atoms with Crippen molar-refractivity contribution in [2.45, 2.75) is 45.6 Å². The van der Waals surface area contributed by atoms with Crippen molar-refractivity contribution in [1.29, 1.82) is 0 Å². The van der Waals surface area contributed by atoms with E-state index < -0.39 is 0 Å². The highest BCUT2D eigenvalue weighted by atomic mass is 16.5. The van der Waals surface area contributed by atoms with Crippen LogP contribution in [0.4, 0.5) is 0 Å². The van der Waals surface area contributed by atoms with Gasteiger partial charge in [0.2, 0.25) is 5.91 Å². The molecule has 3 heteroatoms. The summed E-state index contributed by atoms with van der Waals surface area (Å²) in [5, 5.41) is 2.68. The van der Waals surface area contributed by atoms with E-state index in [1.807, 2.05) is 0 Å². The molecule has 0 aromatic heterocycles. The number of carbonyl (C=O) groups excluding carboxylic acids is 1. The minimum absolute atomic E-state index is 0.0884. The molecule has 88 valence electrons. The van der Waals surface area contributed by atoms with Gasteiger partial charge in [-0.2, -0.15) is 0 Å². The van der Waals surface area contributed by atoms with Crippen molar-refractivity contribution < 1.29 is 9.53 Å². The molecule has 0 aromatic carbocycles. The molecule has 0 aliphatic heterocycles. The summed E-state index contributed by atoms with van der Waals surface area (Å²) in [6.45, 7) is 10.8. The fourth-order valence-corrected chi connectivity index (χ4v) is 1.25. The number of hydrogen-bond donors (Lipinski definition) is 1. The van der Waals surface area contributed by atoms with Crippen LogP contribution in [0.25, 0.3) is 0 Å². The quantitative estimate of drug-likeness (QED) is 0.496. The van der Waals surface area contributed by atoms with Crippen LogP contribution in [-0.4, -0.2) is 24.7 Å². The first-order valence-corrected chi connectivity index (χ1v) is 5.56. The summed E-state index contributed by atoms with van der Waals surface area (Å²) in [6, 6.07) is 0. The third-order valence-electron chi connectivity index (χ3n) is 2.21. The molecule has 3 nitrogen and oxygen atoms in total. The highest BCUT2D eigenvalue weighted by Crippen LogP contribution is 2.17. The molecular weight excluding hydrogens is 190 g/mol. The molecular formula is C12H23NO2. The van der Waals surface area contributed by atoms with E-state index in [0.29, 0.717) is 13.2 Å². The smallest absolute Gasteiger partial charge is 0.243 e. The fourth-order valence-electron chi connectivity index (χ4n) is 1.25. The van der Waals surface area contributed by atoms with Crippen LogP contribution in [0.5, 0.6) is 0 Å². The predicted molar refractivity (Wildman–Crippen MR) is 62.8 cm³/mol. The average molecular weight is 213 g/mol. The second-order valence-corrected chi connectivity index (χ2v) is 4.21. The average Bonchev–Trinajstić information content (AvgIpc) is 2.21. The molecule has 1 amide bonds. The Balaban J connectivity index is 3.56. The van der Waals surface area contributed by atoms with Crippen LogP contribution in [-0.2, 0) is 9.53 Å². The monoisotopic (exact) mass is 213 g/mol. The number of hydrogen-bond acceptors (Lipinski definition) is 2. The molecule has 0 spiro atoms. The minimum atomic E-state index is -0.148. The van der Waals surface area contributed by atoms with Gasteiger partial charge in [0.1, 0.15) is 0 Å². The molecule has 1 N–H and O–H groups in total. The van der Waals surface area contributed by atoms with E-state index in [1.54, 1.807) is 0 Å². The van der Waals surface area contributed by atoms with E-state index in [0.717, 1.165) is 6.42 Å². The molecule has 0 bridgehead atoms. The normalized spacial score (nSPS) is 11.1. The van der Waals surface area contributed by atoms with Crippen molar-refractivity contribution in [3.8, 4) is 0 Å². The molecule has 0 aromatic rings. The van der Waals surface area contributed by atoms with Crippen molar-refractivity contribution in [3.63, 3.8) is 0 Å². The van der Waals surface area contributed by atoms with Crippen molar-refractivity contribution in [2.75, 3.05) is 13.2 Å². The van der Waals surface area contributed by atoms with Crippen molar-refractivity contribution in [3.05, 3.63) is 12.7 Å². The maximum Gasteiger partial charge on any atom is 0.243 e. The number of rotatable bonds is 8. The van der Waals surface area contributed by atoms with Crippen molar-refractivity contribution in [2.24, 2.45) is 0 Å². The lowest BCUT2D eigenvalue weighted by molar-refractivity contribution is -0.117. The van der Waals surface area contributed by atoms with Crippen LogP contribution >= 0.6 is 0 Å². The summed E-state index contributed by atoms with van der Waals surface area (Å²) in [5.74, 6) is -0.148. The van der Waals surface area contributed by atoms with Crippen LogP contribution in [0.15, 0.2) is 12.7 Å². The number of unbranched alkanes of at least 4 members (excludes halogenated alkanes) is 1. The van der Waals surface area contributed by atoms with Gasteiger partial charge in [-0.25, -0.2) is 0 Å². The molecule has 0 aliphatic rings. The lowest BCUT2D eigenvalue weighted by atomic mass is 10.0. The van der Waals surface area contributed by atoms with Crippen LogP contribution in [0.3, 0.4) is 0 Å². The van der Waals surface area contributed by atoms with Gasteiger partial charge < -0.3 is 10.1 Å². The molecule has 15 heavy (non-hydrogen) atoms. The number of amides is 1. The Morgan fingerprint density at radius 3 is 2.73 bits per heavy atom. The van der Waals surface area contributed by atoms with E-state index in [9.17, 15) is 4.79 Å². The standard InChI is InChI=1S/C12H23NO2/c1-5-7-8-12(3,4)15-10-9-13-11(14)6-2/h6H,2,5,7-10H2,1,3-4H3,(H,13,14). The second kappa shape index (κ2) is 7.46. The number of nitrogens with one attached hydrogen (secondary N) is 1. The van der Waals surface area contributed by atoms with Gasteiger partial charge in [0.05, 0.1) is 12.2 Å². The van der Waals surface area contributed by atoms with Crippen molar-refractivity contribution >= 4 is 5.91 Å². The highest BCUT2D eigenvalue weighted by molar-refractivity contribution is 5.86. The van der Waals surface area contributed by atoms with E-state index in [-0.39, 0.29) is 11.5 Å². The first-order chi connectivity index (χ1) is 7.02. The van der Waals surface area contributed by atoms with Gasteiger partial charge in [-0.05, 0) is 26.3 Å². The zero-order chi connectivity index (χ0) is 11.7. The zero-order valence-corrected chi connectivity index (χ0v) is 10.1. The Kier molecular flexibility index (Phi) is 7.05. The summed E-state index contributed by atoms with van der Waals surface area (Å²) in [6.07, 6.45) is 4.67. The first kappa shape index (κ1) is 14.2. The molecule has 0 heterocycles. The van der Waals surface area contributed by atoms with Crippen molar-refractivity contribution in [1.82, 2.24) is 5.32 Å². The molecule has 0 radical (unpaired) electrons. The third kappa shape index (κ3) is 8.18. The summed E-state index contributed by atoms with van der Waals surface area (Å²) < 4.78 is 5.68. The van der Waals surface area contributed by atoms with Gasteiger partial charge in [0.15, 0.2) is 0 Å². The second-order valence-electron chi connectivity index (χ2n) is 4.21.